The van der Waals surface area contributed by atoms with Crippen molar-refractivity contribution in [1.82, 2.24) is 9.78 Å². The van der Waals surface area contributed by atoms with Gasteiger partial charge in [0.25, 0.3) is 5.91 Å². The van der Waals surface area contributed by atoms with Gasteiger partial charge >= 0.3 is 0 Å². The molecule has 0 bridgehead atoms. The first-order chi connectivity index (χ1) is 13.0. The third kappa shape index (κ3) is 3.23. The van der Waals surface area contributed by atoms with Crippen molar-refractivity contribution in [1.29, 1.82) is 0 Å². The highest BCUT2D eigenvalue weighted by Crippen LogP contribution is 2.33. The second kappa shape index (κ2) is 7.00. The quantitative estimate of drug-likeness (QED) is 0.708. The van der Waals surface area contributed by atoms with Gasteiger partial charge in [-0.05, 0) is 41.5 Å². The van der Waals surface area contributed by atoms with Gasteiger partial charge in [0.1, 0.15) is 0 Å². The Kier molecular flexibility index (Phi) is 4.68. The number of nitrogens with two attached hydrogens (primary N) is 1. The smallest absolute Gasteiger partial charge is 0.258 e. The van der Waals surface area contributed by atoms with E-state index in [2.05, 4.69) is 5.10 Å². The Morgan fingerprint density at radius 2 is 2.00 bits per heavy atom. The van der Waals surface area contributed by atoms with Gasteiger partial charge in [0, 0.05) is 52.6 Å². The van der Waals surface area contributed by atoms with Gasteiger partial charge in [0.2, 0.25) is 0 Å². The molecule has 0 spiro atoms. The number of carbonyl (C=O) groups is 1. The van der Waals surface area contributed by atoms with E-state index >= 15 is 0 Å². The molecular weight excluding hydrogens is 383 g/mol. The Hall–Kier alpha value is -2.34. The van der Waals surface area contributed by atoms with Crippen molar-refractivity contribution < 1.29 is 4.79 Å². The van der Waals surface area contributed by atoms with Crippen LogP contribution >= 0.6 is 23.2 Å². The number of fused-ring (bicyclic) bond motifs is 2. The molecule has 27 heavy (non-hydrogen) atoms. The van der Waals surface area contributed by atoms with Crippen molar-refractivity contribution in [2.75, 3.05) is 4.90 Å². The van der Waals surface area contributed by atoms with Crippen LogP contribution in [0.3, 0.4) is 0 Å². The fourth-order valence-electron chi connectivity index (χ4n) is 3.45. The number of halogens is 2. The second-order valence-corrected chi connectivity index (χ2v) is 7.44. The minimum absolute atomic E-state index is 0.124. The summed E-state index contributed by atoms with van der Waals surface area (Å²) in [7, 11) is 1.91. The Labute approximate surface area is 167 Å². The monoisotopic (exact) mass is 400 g/mol. The molecule has 0 saturated carbocycles. The van der Waals surface area contributed by atoms with Crippen molar-refractivity contribution in [3.8, 4) is 0 Å². The predicted molar refractivity (Wildman–Crippen MR) is 107 cm³/mol. The summed E-state index contributed by atoms with van der Waals surface area (Å²) in [5.74, 6) is -0.124. The number of benzene rings is 2. The molecule has 1 amide bonds. The van der Waals surface area contributed by atoms with E-state index in [9.17, 15) is 4.79 Å². The molecule has 2 aromatic carbocycles. The van der Waals surface area contributed by atoms with Crippen LogP contribution in [0.25, 0.3) is 0 Å². The fourth-order valence-corrected chi connectivity index (χ4v) is 3.90. The van der Waals surface area contributed by atoms with E-state index in [1.807, 2.05) is 30.1 Å². The molecule has 1 aliphatic rings. The summed E-state index contributed by atoms with van der Waals surface area (Å²) in [5, 5.41) is 5.49. The van der Waals surface area contributed by atoms with Gasteiger partial charge in [0.05, 0.1) is 12.7 Å². The van der Waals surface area contributed by atoms with E-state index in [0.29, 0.717) is 35.1 Å². The molecule has 2 N–H and O–H groups in total. The Morgan fingerprint density at radius 1 is 1.19 bits per heavy atom. The minimum Gasteiger partial charge on any atom is -0.326 e. The summed E-state index contributed by atoms with van der Waals surface area (Å²) in [6.45, 7) is 0.768. The fraction of sp³-hybridized carbons (Fsp3) is 0.200. The molecule has 1 aromatic heterocycles. The SMILES string of the molecule is Cn1ncc2c1Cc1cc(Cl)ccc1N(C(=O)c1ccc(CN)c(Cl)c1)C2. The molecule has 2 heterocycles. The number of aryl methyl sites for hydroxylation is 1. The van der Waals surface area contributed by atoms with Crippen LogP contribution in [0.1, 0.15) is 32.7 Å². The number of hydrogen-bond donors (Lipinski definition) is 1. The van der Waals surface area contributed by atoms with Crippen LogP contribution < -0.4 is 10.6 Å². The summed E-state index contributed by atoms with van der Waals surface area (Å²) in [4.78, 5) is 15.1. The average Bonchev–Trinajstić information content (AvgIpc) is 2.90. The van der Waals surface area contributed by atoms with Gasteiger partial charge < -0.3 is 10.6 Å². The molecule has 5 nitrogen and oxygen atoms in total. The van der Waals surface area contributed by atoms with Crippen molar-refractivity contribution in [2.45, 2.75) is 19.5 Å². The number of nitrogens with zero attached hydrogens (tertiary/aromatic N) is 3. The zero-order valence-corrected chi connectivity index (χ0v) is 16.3. The lowest BCUT2D eigenvalue weighted by Gasteiger charge is -2.23. The van der Waals surface area contributed by atoms with E-state index in [0.717, 1.165) is 28.1 Å². The molecular formula is C20H18Cl2N4O. The number of amides is 1. The molecule has 3 aromatic rings. The molecule has 4 rings (SSSR count). The molecule has 7 heteroatoms. The van der Waals surface area contributed by atoms with E-state index in [1.165, 1.54) is 0 Å². The van der Waals surface area contributed by atoms with Gasteiger partial charge in [-0.25, -0.2) is 0 Å². The van der Waals surface area contributed by atoms with Gasteiger partial charge in [0.15, 0.2) is 0 Å². The topological polar surface area (TPSA) is 64.2 Å². The van der Waals surface area contributed by atoms with E-state index in [-0.39, 0.29) is 5.91 Å². The highest BCUT2D eigenvalue weighted by atomic mass is 35.5. The van der Waals surface area contributed by atoms with Crippen LogP contribution in [0, 0.1) is 0 Å². The van der Waals surface area contributed by atoms with E-state index in [4.69, 9.17) is 28.9 Å². The summed E-state index contributed by atoms with van der Waals surface area (Å²) in [6.07, 6.45) is 2.48. The zero-order chi connectivity index (χ0) is 19.1. The lowest BCUT2D eigenvalue weighted by Crippen LogP contribution is -2.30. The normalized spacial score (nSPS) is 13.1. The van der Waals surface area contributed by atoms with Crippen molar-refractivity contribution in [2.24, 2.45) is 12.8 Å². The summed E-state index contributed by atoms with van der Waals surface area (Å²) >= 11 is 12.5. The average molecular weight is 401 g/mol. The minimum atomic E-state index is -0.124. The number of hydrogen-bond acceptors (Lipinski definition) is 3. The van der Waals surface area contributed by atoms with Crippen LogP contribution in [0.15, 0.2) is 42.6 Å². The summed E-state index contributed by atoms with van der Waals surface area (Å²) in [6, 6.07) is 10.8. The third-order valence-electron chi connectivity index (χ3n) is 4.93. The Bertz CT molecular complexity index is 1040. The number of carbonyl (C=O) groups excluding carboxylic acids is 1. The maximum absolute atomic E-state index is 13.3. The number of anilines is 1. The standard InChI is InChI=1S/C20H18Cl2N4O/c1-25-19-8-14-6-16(21)4-5-18(14)26(11-15(19)10-24-25)20(27)12-2-3-13(9-23)17(22)7-12/h2-7,10H,8-9,11,23H2,1H3. The lowest BCUT2D eigenvalue weighted by atomic mass is 10.1. The van der Waals surface area contributed by atoms with Crippen molar-refractivity contribution >= 4 is 34.8 Å². The second-order valence-electron chi connectivity index (χ2n) is 6.59. The number of rotatable bonds is 2. The van der Waals surface area contributed by atoms with Gasteiger partial charge in [-0.2, -0.15) is 5.10 Å². The van der Waals surface area contributed by atoms with Crippen LogP contribution in [0.4, 0.5) is 5.69 Å². The van der Waals surface area contributed by atoms with Crippen molar-refractivity contribution in [3.05, 3.63) is 80.6 Å². The third-order valence-corrected chi connectivity index (χ3v) is 5.52. The first-order valence-electron chi connectivity index (χ1n) is 8.56. The van der Waals surface area contributed by atoms with Crippen LogP contribution in [0.2, 0.25) is 10.0 Å². The summed E-state index contributed by atoms with van der Waals surface area (Å²) in [5.41, 5.74) is 10.9. The molecule has 0 aliphatic carbocycles. The van der Waals surface area contributed by atoms with Crippen molar-refractivity contribution in [3.63, 3.8) is 0 Å². The zero-order valence-electron chi connectivity index (χ0n) is 14.7. The molecule has 0 fully saturated rings. The highest BCUT2D eigenvalue weighted by molar-refractivity contribution is 6.32. The van der Waals surface area contributed by atoms with E-state index < -0.39 is 0 Å². The molecule has 0 saturated heterocycles. The first kappa shape index (κ1) is 18.0. The molecule has 0 atom stereocenters. The maximum atomic E-state index is 13.3. The molecule has 0 radical (unpaired) electrons. The van der Waals surface area contributed by atoms with E-state index in [1.54, 1.807) is 29.2 Å². The lowest BCUT2D eigenvalue weighted by molar-refractivity contribution is 0.0985. The highest BCUT2D eigenvalue weighted by Gasteiger charge is 2.27. The Morgan fingerprint density at radius 3 is 2.74 bits per heavy atom. The maximum Gasteiger partial charge on any atom is 0.258 e. The van der Waals surface area contributed by atoms with Gasteiger partial charge in [-0.3, -0.25) is 9.48 Å². The molecule has 1 aliphatic heterocycles. The first-order valence-corrected chi connectivity index (χ1v) is 9.32. The molecule has 0 unspecified atom stereocenters. The van der Waals surface area contributed by atoms with Gasteiger partial charge in [-0.15, -0.1) is 0 Å². The predicted octanol–water partition coefficient (Wildman–Crippen LogP) is 3.94. The van der Waals surface area contributed by atoms with Crippen LogP contribution in [-0.2, 0) is 26.6 Å². The van der Waals surface area contributed by atoms with Crippen LogP contribution in [0.5, 0.6) is 0 Å². The largest absolute Gasteiger partial charge is 0.326 e. The number of aromatic nitrogens is 2. The summed E-state index contributed by atoms with van der Waals surface area (Å²) < 4.78 is 1.85. The van der Waals surface area contributed by atoms with Crippen LogP contribution in [-0.4, -0.2) is 15.7 Å². The molecule has 138 valence electrons. The van der Waals surface area contributed by atoms with Gasteiger partial charge in [-0.1, -0.05) is 29.3 Å². The Balaban J connectivity index is 1.81.